The summed E-state index contributed by atoms with van der Waals surface area (Å²) < 4.78 is 38.3. The maximum absolute atomic E-state index is 12.8. The number of anilines is 1. The predicted octanol–water partition coefficient (Wildman–Crippen LogP) is 4.58. The van der Waals surface area contributed by atoms with Gasteiger partial charge in [-0.1, -0.05) is 6.07 Å². The Bertz CT molecular complexity index is 826. The largest absolute Gasteiger partial charge is 0.416 e. The van der Waals surface area contributed by atoms with Gasteiger partial charge in [-0.25, -0.2) is 0 Å². The SMILES string of the molecule is O=C(Nc1cccc(C(F)(F)F)c1)c1ccc(C(=O)N2CCCCC2)cc1. The monoisotopic (exact) mass is 376 g/mol. The smallest absolute Gasteiger partial charge is 0.339 e. The van der Waals surface area contributed by atoms with Gasteiger partial charge in [0.05, 0.1) is 5.56 Å². The molecule has 0 radical (unpaired) electrons. The quantitative estimate of drug-likeness (QED) is 0.852. The van der Waals surface area contributed by atoms with E-state index in [4.69, 9.17) is 0 Å². The molecule has 142 valence electrons. The number of carbonyl (C=O) groups is 2. The zero-order valence-corrected chi connectivity index (χ0v) is 14.6. The number of amides is 2. The van der Waals surface area contributed by atoms with Crippen LogP contribution in [-0.4, -0.2) is 29.8 Å². The Balaban J connectivity index is 1.68. The summed E-state index contributed by atoms with van der Waals surface area (Å²) in [5, 5.41) is 2.45. The molecule has 0 spiro atoms. The first-order valence-electron chi connectivity index (χ1n) is 8.72. The minimum atomic E-state index is -4.48. The highest BCUT2D eigenvalue weighted by Crippen LogP contribution is 2.30. The summed E-state index contributed by atoms with van der Waals surface area (Å²) >= 11 is 0. The summed E-state index contributed by atoms with van der Waals surface area (Å²) in [4.78, 5) is 26.5. The average molecular weight is 376 g/mol. The Labute approximate surface area is 155 Å². The molecule has 1 heterocycles. The molecule has 4 nitrogen and oxygen atoms in total. The number of nitrogens with one attached hydrogen (secondary N) is 1. The van der Waals surface area contributed by atoms with Crippen molar-refractivity contribution >= 4 is 17.5 Å². The number of rotatable bonds is 3. The molecular formula is C20H19F3N2O2. The summed E-state index contributed by atoms with van der Waals surface area (Å²) in [6.45, 7) is 1.47. The van der Waals surface area contributed by atoms with Crippen LogP contribution in [0.5, 0.6) is 0 Å². The van der Waals surface area contributed by atoms with E-state index in [9.17, 15) is 22.8 Å². The fourth-order valence-corrected chi connectivity index (χ4v) is 3.02. The van der Waals surface area contributed by atoms with Crippen LogP contribution in [0.25, 0.3) is 0 Å². The van der Waals surface area contributed by atoms with E-state index in [1.807, 2.05) is 0 Å². The molecule has 1 saturated heterocycles. The van der Waals surface area contributed by atoms with E-state index in [-0.39, 0.29) is 17.2 Å². The molecule has 0 atom stereocenters. The van der Waals surface area contributed by atoms with Gasteiger partial charge < -0.3 is 10.2 Å². The second kappa shape index (κ2) is 7.82. The number of piperidine rings is 1. The van der Waals surface area contributed by atoms with Gasteiger partial charge in [-0.15, -0.1) is 0 Å². The molecule has 0 aliphatic carbocycles. The molecule has 2 amide bonds. The van der Waals surface area contributed by atoms with Crippen molar-refractivity contribution in [2.45, 2.75) is 25.4 Å². The van der Waals surface area contributed by atoms with Crippen LogP contribution in [0.1, 0.15) is 45.5 Å². The van der Waals surface area contributed by atoms with Crippen LogP contribution in [0, 0.1) is 0 Å². The van der Waals surface area contributed by atoms with Gasteiger partial charge >= 0.3 is 6.18 Å². The Hall–Kier alpha value is -2.83. The van der Waals surface area contributed by atoms with Crippen LogP contribution < -0.4 is 5.32 Å². The molecule has 0 bridgehead atoms. The third-order valence-electron chi connectivity index (χ3n) is 4.49. The Morgan fingerprint density at radius 2 is 1.52 bits per heavy atom. The van der Waals surface area contributed by atoms with E-state index < -0.39 is 17.6 Å². The fraction of sp³-hybridized carbons (Fsp3) is 0.300. The number of alkyl halides is 3. The maximum Gasteiger partial charge on any atom is 0.416 e. The lowest BCUT2D eigenvalue weighted by atomic mass is 10.1. The minimum absolute atomic E-state index is 0.0586. The summed E-state index contributed by atoms with van der Waals surface area (Å²) in [5.74, 6) is -0.606. The van der Waals surface area contributed by atoms with Crippen molar-refractivity contribution in [3.8, 4) is 0 Å². The fourth-order valence-electron chi connectivity index (χ4n) is 3.02. The molecule has 3 rings (SSSR count). The summed E-state index contributed by atoms with van der Waals surface area (Å²) in [7, 11) is 0. The van der Waals surface area contributed by atoms with Gasteiger partial charge in [0.1, 0.15) is 0 Å². The second-order valence-corrected chi connectivity index (χ2v) is 6.46. The first-order chi connectivity index (χ1) is 12.8. The van der Waals surface area contributed by atoms with Gasteiger partial charge in [0.15, 0.2) is 0 Å². The number of hydrogen-bond donors (Lipinski definition) is 1. The third-order valence-corrected chi connectivity index (χ3v) is 4.49. The van der Waals surface area contributed by atoms with Crippen LogP contribution in [0.2, 0.25) is 0 Å². The van der Waals surface area contributed by atoms with Crippen LogP contribution in [0.15, 0.2) is 48.5 Å². The normalized spacial score (nSPS) is 14.7. The van der Waals surface area contributed by atoms with Crippen molar-refractivity contribution < 1.29 is 22.8 Å². The number of likely N-dealkylation sites (tertiary alicyclic amines) is 1. The maximum atomic E-state index is 12.8. The Kier molecular flexibility index (Phi) is 5.48. The lowest BCUT2D eigenvalue weighted by Gasteiger charge is -2.26. The molecule has 1 fully saturated rings. The molecule has 7 heteroatoms. The summed E-state index contributed by atoms with van der Waals surface area (Å²) in [5.41, 5.74) is -0.0128. The van der Waals surface area contributed by atoms with Crippen molar-refractivity contribution in [1.82, 2.24) is 4.90 Å². The van der Waals surface area contributed by atoms with Crippen molar-refractivity contribution in [2.24, 2.45) is 0 Å². The Morgan fingerprint density at radius 3 is 2.15 bits per heavy atom. The molecule has 0 unspecified atom stereocenters. The number of benzene rings is 2. The van der Waals surface area contributed by atoms with Gasteiger partial charge in [-0.05, 0) is 61.7 Å². The summed E-state index contributed by atoms with van der Waals surface area (Å²) in [6.07, 6.45) is -1.37. The molecular weight excluding hydrogens is 357 g/mol. The second-order valence-electron chi connectivity index (χ2n) is 6.46. The molecule has 1 aliphatic heterocycles. The van der Waals surface area contributed by atoms with Gasteiger partial charge in [0, 0.05) is 29.9 Å². The van der Waals surface area contributed by atoms with E-state index in [0.717, 1.165) is 44.5 Å². The van der Waals surface area contributed by atoms with Gasteiger partial charge in [0.2, 0.25) is 0 Å². The molecule has 0 aromatic heterocycles. The molecule has 2 aromatic rings. The third kappa shape index (κ3) is 4.67. The first-order valence-corrected chi connectivity index (χ1v) is 8.72. The van der Waals surface area contributed by atoms with Crippen molar-refractivity contribution in [3.63, 3.8) is 0 Å². The van der Waals surface area contributed by atoms with Crippen LogP contribution in [-0.2, 0) is 6.18 Å². The molecule has 0 saturated carbocycles. The lowest BCUT2D eigenvalue weighted by molar-refractivity contribution is -0.137. The van der Waals surface area contributed by atoms with E-state index in [2.05, 4.69) is 5.32 Å². The van der Waals surface area contributed by atoms with E-state index in [1.165, 1.54) is 24.3 Å². The van der Waals surface area contributed by atoms with E-state index >= 15 is 0 Å². The number of hydrogen-bond acceptors (Lipinski definition) is 2. The highest BCUT2D eigenvalue weighted by Gasteiger charge is 2.30. The number of halogens is 3. The van der Waals surface area contributed by atoms with Gasteiger partial charge in [0.25, 0.3) is 11.8 Å². The zero-order valence-electron chi connectivity index (χ0n) is 14.6. The standard InChI is InChI=1S/C20H19F3N2O2/c21-20(22,23)16-5-4-6-17(13-16)24-18(26)14-7-9-15(10-8-14)19(27)25-11-2-1-3-12-25/h4-10,13H,1-3,11-12H2,(H,24,26). The van der Waals surface area contributed by atoms with Crippen molar-refractivity contribution in [3.05, 3.63) is 65.2 Å². The highest BCUT2D eigenvalue weighted by atomic mass is 19.4. The lowest BCUT2D eigenvalue weighted by Crippen LogP contribution is -2.35. The van der Waals surface area contributed by atoms with E-state index in [1.54, 1.807) is 17.0 Å². The summed E-state index contributed by atoms with van der Waals surface area (Å²) in [6, 6.07) is 10.6. The van der Waals surface area contributed by atoms with Crippen LogP contribution in [0.4, 0.5) is 18.9 Å². The van der Waals surface area contributed by atoms with Crippen molar-refractivity contribution in [1.29, 1.82) is 0 Å². The Morgan fingerprint density at radius 1 is 0.889 bits per heavy atom. The average Bonchev–Trinajstić information content (AvgIpc) is 2.68. The molecule has 27 heavy (non-hydrogen) atoms. The predicted molar refractivity (Wildman–Crippen MR) is 95.6 cm³/mol. The minimum Gasteiger partial charge on any atom is -0.339 e. The highest BCUT2D eigenvalue weighted by molar-refractivity contribution is 6.05. The zero-order chi connectivity index (χ0) is 19.4. The van der Waals surface area contributed by atoms with Crippen LogP contribution >= 0.6 is 0 Å². The molecule has 1 N–H and O–H groups in total. The first kappa shape index (κ1) is 18.9. The number of nitrogens with zero attached hydrogens (tertiary/aromatic N) is 1. The van der Waals surface area contributed by atoms with Gasteiger partial charge in [-0.2, -0.15) is 13.2 Å². The van der Waals surface area contributed by atoms with E-state index in [0.29, 0.717) is 5.56 Å². The molecule has 2 aromatic carbocycles. The van der Waals surface area contributed by atoms with Gasteiger partial charge in [-0.3, -0.25) is 9.59 Å². The molecule has 1 aliphatic rings. The van der Waals surface area contributed by atoms with Crippen LogP contribution in [0.3, 0.4) is 0 Å². The topological polar surface area (TPSA) is 49.4 Å². The number of carbonyl (C=O) groups excluding carboxylic acids is 2. The van der Waals surface area contributed by atoms with Crippen molar-refractivity contribution in [2.75, 3.05) is 18.4 Å².